The number of hydrogen-bond acceptors (Lipinski definition) is 4. The maximum atomic E-state index is 13.3. The second-order valence-corrected chi connectivity index (χ2v) is 6.92. The van der Waals surface area contributed by atoms with Gasteiger partial charge in [-0.25, -0.2) is 4.99 Å². The molecule has 0 saturated heterocycles. The van der Waals surface area contributed by atoms with Crippen molar-refractivity contribution in [3.8, 4) is 11.5 Å². The van der Waals surface area contributed by atoms with Crippen LogP contribution in [0.2, 0.25) is 0 Å². The number of anilines is 1. The molecule has 0 radical (unpaired) electrons. The van der Waals surface area contributed by atoms with Gasteiger partial charge in [0.1, 0.15) is 11.5 Å². The smallest absolute Gasteiger partial charge is 0.282 e. The van der Waals surface area contributed by atoms with E-state index in [-0.39, 0.29) is 5.91 Å². The lowest BCUT2D eigenvalue weighted by atomic mass is 10.1. The molecule has 150 valence electrons. The lowest BCUT2D eigenvalue weighted by Crippen LogP contribution is -2.32. The molecule has 4 rings (SSSR count). The summed E-state index contributed by atoms with van der Waals surface area (Å²) in [6.07, 6.45) is 1.77. The van der Waals surface area contributed by atoms with Gasteiger partial charge in [0.05, 0.1) is 19.9 Å². The van der Waals surface area contributed by atoms with Crippen molar-refractivity contribution >= 4 is 23.5 Å². The normalized spacial score (nSPS) is 14.8. The lowest BCUT2D eigenvalue weighted by molar-refractivity contribution is -0.113. The van der Waals surface area contributed by atoms with Gasteiger partial charge in [-0.3, -0.25) is 9.69 Å². The number of carbonyl (C=O) groups excluding carboxylic acids is 1. The minimum atomic E-state index is -0.174. The first-order chi connectivity index (χ1) is 14.6. The predicted octanol–water partition coefficient (Wildman–Crippen LogP) is 4.85. The van der Waals surface area contributed by atoms with Crippen molar-refractivity contribution in [1.29, 1.82) is 0 Å². The van der Waals surface area contributed by atoms with Gasteiger partial charge in [0.25, 0.3) is 5.91 Å². The molecule has 1 aliphatic rings. The Bertz CT molecular complexity index is 1130. The molecule has 0 saturated carbocycles. The van der Waals surface area contributed by atoms with Gasteiger partial charge in [-0.2, -0.15) is 0 Å². The zero-order chi connectivity index (χ0) is 21.1. The Morgan fingerprint density at radius 1 is 0.867 bits per heavy atom. The number of carbonyl (C=O) groups is 1. The van der Waals surface area contributed by atoms with Crippen LogP contribution in [-0.4, -0.2) is 26.0 Å². The summed E-state index contributed by atoms with van der Waals surface area (Å²) < 4.78 is 10.7. The van der Waals surface area contributed by atoms with E-state index >= 15 is 0 Å². The summed E-state index contributed by atoms with van der Waals surface area (Å²) in [7, 11) is 3.17. The Balaban J connectivity index is 1.80. The molecule has 0 aliphatic carbocycles. The molecule has 1 heterocycles. The molecule has 0 N–H and O–H groups in total. The maximum Gasteiger partial charge on any atom is 0.282 e. The minimum Gasteiger partial charge on any atom is -0.493 e. The van der Waals surface area contributed by atoms with Gasteiger partial charge >= 0.3 is 0 Å². The number of aryl methyl sites for hydroxylation is 1. The van der Waals surface area contributed by atoms with Crippen molar-refractivity contribution in [3.05, 3.63) is 95.2 Å². The van der Waals surface area contributed by atoms with E-state index in [1.54, 1.807) is 25.2 Å². The molecular weight excluding hydrogens is 376 g/mol. The number of hydrogen-bond donors (Lipinski definition) is 0. The second kappa shape index (κ2) is 8.25. The number of benzene rings is 3. The van der Waals surface area contributed by atoms with Crippen LogP contribution in [0.25, 0.3) is 6.08 Å². The van der Waals surface area contributed by atoms with Crippen LogP contribution >= 0.6 is 0 Å². The molecule has 0 bridgehead atoms. The Morgan fingerprint density at radius 2 is 1.57 bits per heavy atom. The molecule has 30 heavy (non-hydrogen) atoms. The summed E-state index contributed by atoms with van der Waals surface area (Å²) in [6.45, 7) is 2.03. The van der Waals surface area contributed by atoms with E-state index in [0.29, 0.717) is 23.0 Å². The molecule has 1 amide bonds. The monoisotopic (exact) mass is 398 g/mol. The molecule has 0 atom stereocenters. The summed E-state index contributed by atoms with van der Waals surface area (Å²) in [4.78, 5) is 19.7. The molecule has 0 fully saturated rings. The highest BCUT2D eigenvalue weighted by Gasteiger charge is 2.32. The van der Waals surface area contributed by atoms with Crippen LogP contribution < -0.4 is 14.4 Å². The zero-order valence-electron chi connectivity index (χ0n) is 17.1. The summed E-state index contributed by atoms with van der Waals surface area (Å²) in [5.41, 5.74) is 3.97. The van der Waals surface area contributed by atoms with Crippen molar-refractivity contribution in [3.63, 3.8) is 0 Å². The van der Waals surface area contributed by atoms with Crippen LogP contribution in [0.5, 0.6) is 11.5 Å². The molecule has 0 aromatic heterocycles. The molecule has 3 aromatic rings. The van der Waals surface area contributed by atoms with E-state index in [1.165, 1.54) is 0 Å². The predicted molar refractivity (Wildman–Crippen MR) is 119 cm³/mol. The van der Waals surface area contributed by atoms with Gasteiger partial charge in [0.2, 0.25) is 0 Å². The van der Waals surface area contributed by atoms with Gasteiger partial charge in [0, 0.05) is 5.56 Å². The van der Waals surface area contributed by atoms with E-state index in [2.05, 4.69) is 0 Å². The lowest BCUT2D eigenvalue weighted by Gasteiger charge is -2.18. The van der Waals surface area contributed by atoms with Crippen molar-refractivity contribution in [2.24, 2.45) is 4.99 Å². The van der Waals surface area contributed by atoms with Gasteiger partial charge in [-0.1, -0.05) is 54.1 Å². The van der Waals surface area contributed by atoms with Crippen LogP contribution in [0, 0.1) is 6.92 Å². The first kappa shape index (κ1) is 19.5. The quantitative estimate of drug-likeness (QED) is 0.578. The summed E-state index contributed by atoms with van der Waals surface area (Å²) in [5, 5.41) is 0. The first-order valence-electron chi connectivity index (χ1n) is 9.59. The third kappa shape index (κ3) is 3.70. The van der Waals surface area contributed by atoms with Crippen LogP contribution in [0.1, 0.15) is 16.7 Å². The highest BCUT2D eigenvalue weighted by Crippen LogP contribution is 2.31. The molecule has 3 aromatic carbocycles. The average Bonchev–Trinajstić information content (AvgIpc) is 3.10. The Morgan fingerprint density at radius 3 is 2.23 bits per heavy atom. The first-order valence-corrected chi connectivity index (χ1v) is 9.59. The van der Waals surface area contributed by atoms with E-state index in [0.717, 1.165) is 22.4 Å². The van der Waals surface area contributed by atoms with E-state index in [4.69, 9.17) is 14.5 Å². The molecular formula is C25H22N2O3. The van der Waals surface area contributed by atoms with Crippen LogP contribution in [0.4, 0.5) is 5.69 Å². The van der Waals surface area contributed by atoms with Gasteiger partial charge < -0.3 is 9.47 Å². The number of para-hydroxylation sites is 1. The van der Waals surface area contributed by atoms with Crippen molar-refractivity contribution in [2.45, 2.75) is 6.92 Å². The molecule has 0 spiro atoms. The van der Waals surface area contributed by atoms with Gasteiger partial charge in [0.15, 0.2) is 11.5 Å². The standard InChI is InChI=1S/C25H22N2O3/c1-17-9-12-19(13-10-17)24-26-21(25(28)27(24)20-7-5-4-6-8-20)15-18-11-14-22(29-2)23(16-18)30-3/h4-16H,1-3H3/b21-15+. The number of amides is 1. The number of amidine groups is 1. The molecule has 5 nitrogen and oxygen atoms in total. The third-order valence-corrected chi connectivity index (χ3v) is 4.90. The highest BCUT2D eigenvalue weighted by atomic mass is 16.5. The fraction of sp³-hybridized carbons (Fsp3) is 0.120. The minimum absolute atomic E-state index is 0.174. The number of ether oxygens (including phenoxy) is 2. The van der Waals surface area contributed by atoms with Crippen LogP contribution in [0.3, 0.4) is 0 Å². The van der Waals surface area contributed by atoms with Gasteiger partial charge in [-0.05, 0) is 42.8 Å². The second-order valence-electron chi connectivity index (χ2n) is 6.92. The summed E-state index contributed by atoms with van der Waals surface area (Å²) >= 11 is 0. The van der Waals surface area contributed by atoms with Gasteiger partial charge in [-0.15, -0.1) is 0 Å². The Hall–Kier alpha value is -3.86. The molecule has 5 heteroatoms. The largest absolute Gasteiger partial charge is 0.493 e. The summed E-state index contributed by atoms with van der Waals surface area (Å²) in [6, 6.07) is 23.0. The number of rotatable bonds is 5. The third-order valence-electron chi connectivity index (χ3n) is 4.90. The fourth-order valence-electron chi connectivity index (χ4n) is 3.33. The number of aliphatic imine (C=N–C) groups is 1. The molecule has 0 unspecified atom stereocenters. The Kier molecular flexibility index (Phi) is 5.35. The van der Waals surface area contributed by atoms with E-state index in [9.17, 15) is 4.79 Å². The average molecular weight is 398 g/mol. The number of methoxy groups -OCH3 is 2. The zero-order valence-corrected chi connectivity index (χ0v) is 17.1. The highest BCUT2D eigenvalue weighted by molar-refractivity contribution is 6.33. The molecule has 1 aliphatic heterocycles. The number of nitrogens with zero attached hydrogens (tertiary/aromatic N) is 2. The fourth-order valence-corrected chi connectivity index (χ4v) is 3.33. The van der Waals surface area contributed by atoms with Crippen LogP contribution in [0.15, 0.2) is 83.5 Å². The topological polar surface area (TPSA) is 51.1 Å². The maximum absolute atomic E-state index is 13.3. The van der Waals surface area contributed by atoms with E-state index in [1.807, 2.05) is 79.7 Å². The van der Waals surface area contributed by atoms with Crippen molar-refractivity contribution in [2.75, 3.05) is 19.1 Å². The van der Waals surface area contributed by atoms with Crippen LogP contribution in [-0.2, 0) is 4.79 Å². The van der Waals surface area contributed by atoms with E-state index < -0.39 is 0 Å². The SMILES string of the molecule is COc1ccc(/C=C2/N=C(c3ccc(C)cc3)N(c3ccccc3)C2=O)cc1OC. The summed E-state index contributed by atoms with van der Waals surface area (Å²) in [5.74, 6) is 1.66. The van der Waals surface area contributed by atoms with Crippen molar-refractivity contribution < 1.29 is 14.3 Å². The van der Waals surface area contributed by atoms with Crippen molar-refractivity contribution in [1.82, 2.24) is 0 Å². The Labute approximate surface area is 175 Å².